The van der Waals surface area contributed by atoms with Crippen molar-refractivity contribution in [2.75, 3.05) is 5.32 Å². The van der Waals surface area contributed by atoms with Crippen LogP contribution in [0.15, 0.2) is 29.2 Å². The fourth-order valence-corrected chi connectivity index (χ4v) is 2.73. The molecule has 21 heavy (non-hydrogen) atoms. The quantitative estimate of drug-likeness (QED) is 0.855. The molecular formula is C14H16F3N3S. The molecule has 114 valence electrons. The third kappa shape index (κ3) is 3.93. The summed E-state index contributed by atoms with van der Waals surface area (Å²) in [6, 6.07) is 6.42. The number of nitrogens with zero attached hydrogens (tertiary/aromatic N) is 2. The van der Waals surface area contributed by atoms with Gasteiger partial charge in [0, 0.05) is 35.4 Å². The largest absolute Gasteiger partial charge is 0.446 e. The first-order valence-electron chi connectivity index (χ1n) is 6.35. The summed E-state index contributed by atoms with van der Waals surface area (Å²) in [4.78, 5) is 0.171. The highest BCUT2D eigenvalue weighted by Crippen LogP contribution is 2.40. The van der Waals surface area contributed by atoms with Crippen molar-refractivity contribution in [1.29, 1.82) is 0 Å². The molecule has 0 radical (unpaired) electrons. The molecule has 1 aromatic heterocycles. The fraction of sp³-hybridized carbons (Fsp3) is 0.357. The second-order valence-corrected chi connectivity index (χ2v) is 5.78. The van der Waals surface area contributed by atoms with Gasteiger partial charge in [0.25, 0.3) is 0 Å². The first-order valence-corrected chi connectivity index (χ1v) is 7.17. The average molecular weight is 315 g/mol. The zero-order valence-corrected chi connectivity index (χ0v) is 12.8. The van der Waals surface area contributed by atoms with Gasteiger partial charge in [-0.1, -0.05) is 12.1 Å². The van der Waals surface area contributed by atoms with Crippen molar-refractivity contribution >= 4 is 17.4 Å². The number of aryl methyl sites for hydroxylation is 2. The van der Waals surface area contributed by atoms with Gasteiger partial charge in [-0.25, -0.2) is 0 Å². The van der Waals surface area contributed by atoms with Gasteiger partial charge >= 0.3 is 5.51 Å². The van der Waals surface area contributed by atoms with Crippen molar-refractivity contribution < 1.29 is 13.2 Å². The second-order valence-electron chi connectivity index (χ2n) is 4.67. The number of anilines is 1. The van der Waals surface area contributed by atoms with E-state index in [9.17, 15) is 13.2 Å². The average Bonchev–Trinajstić information content (AvgIpc) is 2.61. The minimum absolute atomic E-state index is 0.107. The predicted molar refractivity (Wildman–Crippen MR) is 78.4 cm³/mol. The van der Waals surface area contributed by atoms with E-state index >= 15 is 0 Å². The molecule has 0 saturated heterocycles. The molecule has 3 nitrogen and oxygen atoms in total. The van der Waals surface area contributed by atoms with Crippen LogP contribution >= 0.6 is 11.8 Å². The van der Waals surface area contributed by atoms with Crippen LogP contribution in [0, 0.1) is 13.8 Å². The number of para-hydroxylation sites is 1. The molecule has 0 aliphatic heterocycles. The monoisotopic (exact) mass is 315 g/mol. The number of alkyl halides is 3. The second kappa shape index (κ2) is 6.01. The Kier molecular flexibility index (Phi) is 4.51. The third-order valence-corrected chi connectivity index (χ3v) is 4.03. The van der Waals surface area contributed by atoms with Crippen LogP contribution in [0.1, 0.15) is 17.0 Å². The van der Waals surface area contributed by atoms with Crippen LogP contribution in [-0.2, 0) is 13.6 Å². The van der Waals surface area contributed by atoms with Crippen LogP contribution in [0.4, 0.5) is 18.9 Å². The van der Waals surface area contributed by atoms with Crippen LogP contribution in [0.2, 0.25) is 0 Å². The lowest BCUT2D eigenvalue weighted by Gasteiger charge is -2.13. The van der Waals surface area contributed by atoms with Crippen LogP contribution in [0.3, 0.4) is 0 Å². The molecule has 0 amide bonds. The molecule has 0 aliphatic rings. The molecular weight excluding hydrogens is 299 g/mol. The lowest BCUT2D eigenvalue weighted by molar-refractivity contribution is -0.0327. The van der Waals surface area contributed by atoms with Gasteiger partial charge < -0.3 is 5.32 Å². The minimum atomic E-state index is -4.29. The van der Waals surface area contributed by atoms with Crippen molar-refractivity contribution in [3.8, 4) is 0 Å². The zero-order chi connectivity index (χ0) is 15.6. The molecule has 0 spiro atoms. The first-order chi connectivity index (χ1) is 9.78. The van der Waals surface area contributed by atoms with E-state index in [0.29, 0.717) is 12.2 Å². The molecule has 0 atom stereocenters. The maximum atomic E-state index is 12.5. The number of benzene rings is 1. The Hall–Kier alpha value is -1.63. The molecule has 0 fully saturated rings. The lowest BCUT2D eigenvalue weighted by atomic mass is 10.2. The third-order valence-electron chi connectivity index (χ3n) is 3.23. The number of hydrogen-bond acceptors (Lipinski definition) is 3. The number of rotatable bonds is 4. The van der Waals surface area contributed by atoms with E-state index in [1.54, 1.807) is 22.9 Å². The summed E-state index contributed by atoms with van der Waals surface area (Å²) in [5.74, 6) is 0. The van der Waals surface area contributed by atoms with E-state index in [1.807, 2.05) is 20.9 Å². The fourth-order valence-electron chi connectivity index (χ4n) is 2.08. The number of aromatic nitrogens is 2. The van der Waals surface area contributed by atoms with Crippen LogP contribution in [0.25, 0.3) is 0 Å². The number of hydrogen-bond donors (Lipinski definition) is 1. The molecule has 0 aliphatic carbocycles. The molecule has 0 saturated carbocycles. The molecule has 0 unspecified atom stereocenters. The highest BCUT2D eigenvalue weighted by atomic mass is 32.2. The number of halogens is 3. The van der Waals surface area contributed by atoms with Crippen LogP contribution in [-0.4, -0.2) is 15.3 Å². The summed E-state index contributed by atoms with van der Waals surface area (Å²) in [6.07, 6.45) is 0. The molecule has 2 rings (SSSR count). The minimum Gasteiger partial charge on any atom is -0.380 e. The standard InChI is InChI=1S/C14H16F3N3S/c1-9-11(10(2)20(3)19-9)8-18-12-6-4-5-7-13(12)21-14(15,16)17/h4-7,18H,8H2,1-3H3. The maximum Gasteiger partial charge on any atom is 0.446 e. The topological polar surface area (TPSA) is 29.9 Å². The van der Waals surface area contributed by atoms with Crippen molar-refractivity contribution in [3.05, 3.63) is 41.2 Å². The van der Waals surface area contributed by atoms with Gasteiger partial charge in [-0.15, -0.1) is 0 Å². The van der Waals surface area contributed by atoms with Crippen molar-refractivity contribution in [2.45, 2.75) is 30.8 Å². The van der Waals surface area contributed by atoms with Crippen LogP contribution in [0.5, 0.6) is 0 Å². The highest BCUT2D eigenvalue weighted by Gasteiger charge is 2.30. The van der Waals surface area contributed by atoms with Gasteiger partial charge in [0.1, 0.15) is 0 Å². The summed E-state index contributed by atoms with van der Waals surface area (Å²) in [7, 11) is 1.85. The highest BCUT2D eigenvalue weighted by molar-refractivity contribution is 8.00. The summed E-state index contributed by atoms with van der Waals surface area (Å²) < 4.78 is 39.4. The Balaban J connectivity index is 2.17. The van der Waals surface area contributed by atoms with Gasteiger partial charge in [0.2, 0.25) is 0 Å². The predicted octanol–water partition coefficient (Wildman–Crippen LogP) is 4.26. The van der Waals surface area contributed by atoms with Crippen molar-refractivity contribution in [1.82, 2.24) is 9.78 Å². The maximum absolute atomic E-state index is 12.5. The molecule has 2 aromatic rings. The van der Waals surface area contributed by atoms with E-state index in [-0.39, 0.29) is 16.7 Å². The Morgan fingerprint density at radius 2 is 1.90 bits per heavy atom. The van der Waals surface area contributed by atoms with E-state index in [2.05, 4.69) is 10.4 Å². The zero-order valence-electron chi connectivity index (χ0n) is 12.0. The van der Waals surface area contributed by atoms with Gasteiger partial charge in [-0.3, -0.25) is 4.68 Å². The Labute approximate surface area is 125 Å². The van der Waals surface area contributed by atoms with Gasteiger partial charge in [0.05, 0.1) is 5.69 Å². The smallest absolute Gasteiger partial charge is 0.380 e. The summed E-state index contributed by atoms with van der Waals surface area (Å²) >= 11 is -0.107. The Bertz CT molecular complexity index is 635. The van der Waals surface area contributed by atoms with E-state index in [4.69, 9.17) is 0 Å². The summed E-state index contributed by atoms with van der Waals surface area (Å²) in [6.45, 7) is 4.27. The molecule has 1 aromatic carbocycles. The summed E-state index contributed by atoms with van der Waals surface area (Å²) in [5, 5.41) is 7.37. The molecule has 1 heterocycles. The Morgan fingerprint density at radius 1 is 1.24 bits per heavy atom. The SMILES string of the molecule is Cc1nn(C)c(C)c1CNc1ccccc1SC(F)(F)F. The van der Waals surface area contributed by atoms with Crippen molar-refractivity contribution in [2.24, 2.45) is 7.05 Å². The van der Waals surface area contributed by atoms with E-state index < -0.39 is 5.51 Å². The Morgan fingerprint density at radius 3 is 2.48 bits per heavy atom. The molecule has 7 heteroatoms. The van der Waals surface area contributed by atoms with E-state index in [0.717, 1.165) is 17.0 Å². The van der Waals surface area contributed by atoms with Crippen LogP contribution < -0.4 is 5.32 Å². The van der Waals surface area contributed by atoms with Gasteiger partial charge in [-0.05, 0) is 37.7 Å². The molecule has 0 bridgehead atoms. The van der Waals surface area contributed by atoms with Gasteiger partial charge in [0.15, 0.2) is 0 Å². The number of nitrogens with one attached hydrogen (secondary N) is 1. The molecule has 1 N–H and O–H groups in total. The van der Waals surface area contributed by atoms with Crippen molar-refractivity contribution in [3.63, 3.8) is 0 Å². The van der Waals surface area contributed by atoms with Gasteiger partial charge in [-0.2, -0.15) is 18.3 Å². The first kappa shape index (κ1) is 15.8. The lowest BCUT2D eigenvalue weighted by Crippen LogP contribution is -2.05. The number of thioether (sulfide) groups is 1. The summed E-state index contributed by atoms with van der Waals surface area (Å²) in [5.41, 5.74) is -0.936. The van der Waals surface area contributed by atoms with E-state index in [1.165, 1.54) is 6.07 Å². The normalized spacial score (nSPS) is 11.7.